The number of aromatic hydroxyl groups is 1. The molecule has 0 aliphatic carbocycles. The smallest absolute Gasteiger partial charge is 0.316 e. The second-order valence-corrected chi connectivity index (χ2v) is 4.40. The van der Waals surface area contributed by atoms with Crippen LogP contribution in [-0.4, -0.2) is 49.1 Å². The molecule has 104 valence electrons. The molecule has 0 aliphatic rings. The molecule has 0 radical (unpaired) electrons. The SMILES string of the molecule is Cc1ccc(C(=O)NCCNC(=O)N(C)C)c(O)c1. The topological polar surface area (TPSA) is 81.7 Å². The summed E-state index contributed by atoms with van der Waals surface area (Å²) in [6.45, 7) is 2.46. The summed E-state index contributed by atoms with van der Waals surface area (Å²) in [6, 6.07) is 4.64. The number of carbonyl (C=O) groups excluding carboxylic acids is 2. The Kier molecular flexibility index (Phi) is 5.17. The highest BCUT2D eigenvalue weighted by Crippen LogP contribution is 2.17. The minimum absolute atomic E-state index is 0.0465. The number of benzene rings is 1. The molecular weight excluding hydrogens is 246 g/mol. The molecule has 19 heavy (non-hydrogen) atoms. The van der Waals surface area contributed by atoms with E-state index in [1.807, 2.05) is 6.92 Å². The van der Waals surface area contributed by atoms with E-state index in [9.17, 15) is 14.7 Å². The first-order chi connectivity index (χ1) is 8.91. The van der Waals surface area contributed by atoms with Gasteiger partial charge in [-0.1, -0.05) is 6.07 Å². The molecule has 1 aromatic rings. The summed E-state index contributed by atoms with van der Waals surface area (Å²) in [5.74, 6) is -0.411. The third-order valence-electron chi connectivity index (χ3n) is 2.49. The molecule has 0 aromatic heterocycles. The van der Waals surface area contributed by atoms with E-state index >= 15 is 0 Å². The van der Waals surface area contributed by atoms with E-state index < -0.39 is 0 Å². The summed E-state index contributed by atoms with van der Waals surface area (Å²) < 4.78 is 0. The predicted octanol–water partition coefficient (Wildman–Crippen LogP) is 0.702. The Morgan fingerprint density at radius 2 is 1.84 bits per heavy atom. The normalized spacial score (nSPS) is 9.84. The molecule has 0 bridgehead atoms. The average molecular weight is 265 g/mol. The number of phenolic OH excluding ortho intramolecular Hbond substituents is 1. The van der Waals surface area contributed by atoms with Crippen molar-refractivity contribution in [3.05, 3.63) is 29.3 Å². The number of nitrogens with one attached hydrogen (secondary N) is 2. The molecule has 3 N–H and O–H groups in total. The highest BCUT2D eigenvalue weighted by molar-refractivity contribution is 5.96. The molecule has 1 rings (SSSR count). The molecule has 0 heterocycles. The Hall–Kier alpha value is -2.24. The number of phenols is 1. The van der Waals surface area contributed by atoms with Crippen LogP contribution in [0, 0.1) is 6.92 Å². The van der Waals surface area contributed by atoms with Gasteiger partial charge in [-0.2, -0.15) is 0 Å². The number of aryl methyl sites for hydroxylation is 1. The number of amides is 3. The van der Waals surface area contributed by atoms with Crippen molar-refractivity contribution < 1.29 is 14.7 Å². The largest absolute Gasteiger partial charge is 0.507 e. The summed E-state index contributed by atoms with van der Waals surface area (Å²) >= 11 is 0. The van der Waals surface area contributed by atoms with Gasteiger partial charge in [0.05, 0.1) is 5.56 Å². The van der Waals surface area contributed by atoms with Gasteiger partial charge in [-0.25, -0.2) is 4.79 Å². The standard InChI is InChI=1S/C13H19N3O3/c1-9-4-5-10(11(17)8-9)12(18)14-6-7-15-13(19)16(2)3/h4-5,8,17H,6-7H2,1-3H3,(H,14,18)(H,15,19). The number of rotatable bonds is 4. The first-order valence-electron chi connectivity index (χ1n) is 5.95. The first kappa shape index (κ1) is 14.8. The number of nitrogens with zero attached hydrogens (tertiary/aromatic N) is 1. The third-order valence-corrected chi connectivity index (χ3v) is 2.49. The lowest BCUT2D eigenvalue weighted by atomic mass is 10.1. The minimum atomic E-state index is -0.364. The highest BCUT2D eigenvalue weighted by Gasteiger charge is 2.10. The van der Waals surface area contributed by atoms with Crippen LogP contribution in [0.5, 0.6) is 5.75 Å². The zero-order valence-electron chi connectivity index (χ0n) is 11.4. The second-order valence-electron chi connectivity index (χ2n) is 4.40. The van der Waals surface area contributed by atoms with Gasteiger partial charge < -0.3 is 20.6 Å². The van der Waals surface area contributed by atoms with Crippen LogP contribution in [0.1, 0.15) is 15.9 Å². The maximum absolute atomic E-state index is 11.8. The van der Waals surface area contributed by atoms with Crippen LogP contribution in [0.4, 0.5) is 4.79 Å². The van der Waals surface area contributed by atoms with Crippen molar-refractivity contribution in [2.45, 2.75) is 6.92 Å². The van der Waals surface area contributed by atoms with Crippen molar-refractivity contribution in [1.29, 1.82) is 0 Å². The van der Waals surface area contributed by atoms with E-state index in [-0.39, 0.29) is 23.3 Å². The van der Waals surface area contributed by atoms with Gasteiger partial charge in [-0.15, -0.1) is 0 Å². The lowest BCUT2D eigenvalue weighted by Crippen LogP contribution is -2.39. The molecule has 6 heteroatoms. The van der Waals surface area contributed by atoms with E-state index in [4.69, 9.17) is 0 Å². The molecule has 3 amide bonds. The van der Waals surface area contributed by atoms with Crippen molar-refractivity contribution >= 4 is 11.9 Å². The van der Waals surface area contributed by atoms with Crippen molar-refractivity contribution in [1.82, 2.24) is 15.5 Å². The lowest BCUT2D eigenvalue weighted by molar-refractivity contribution is 0.0951. The number of carbonyl (C=O) groups is 2. The molecule has 0 saturated carbocycles. The second kappa shape index (κ2) is 6.63. The van der Waals surface area contributed by atoms with Crippen molar-refractivity contribution in [3.8, 4) is 5.75 Å². The molecule has 0 atom stereocenters. The zero-order valence-corrected chi connectivity index (χ0v) is 11.4. The van der Waals surface area contributed by atoms with E-state index in [1.54, 1.807) is 26.2 Å². The van der Waals surface area contributed by atoms with Gasteiger partial charge in [0.2, 0.25) is 0 Å². The molecule has 6 nitrogen and oxygen atoms in total. The van der Waals surface area contributed by atoms with Crippen LogP contribution in [0.15, 0.2) is 18.2 Å². The number of hydrogen-bond donors (Lipinski definition) is 3. The Labute approximate surface area is 112 Å². The average Bonchev–Trinajstić information content (AvgIpc) is 2.33. The van der Waals surface area contributed by atoms with Crippen molar-refractivity contribution in [3.63, 3.8) is 0 Å². The van der Waals surface area contributed by atoms with E-state index in [2.05, 4.69) is 10.6 Å². The van der Waals surface area contributed by atoms with Gasteiger partial charge in [-0.05, 0) is 24.6 Å². The molecule has 1 aromatic carbocycles. The van der Waals surface area contributed by atoms with Gasteiger partial charge in [0, 0.05) is 27.2 Å². The van der Waals surface area contributed by atoms with Crippen LogP contribution in [0.25, 0.3) is 0 Å². The zero-order chi connectivity index (χ0) is 14.4. The Morgan fingerprint density at radius 1 is 1.21 bits per heavy atom. The molecule has 0 saturated heterocycles. The van der Waals surface area contributed by atoms with Crippen LogP contribution in [0.3, 0.4) is 0 Å². The molecule has 0 fully saturated rings. The monoisotopic (exact) mass is 265 g/mol. The summed E-state index contributed by atoms with van der Waals surface area (Å²) in [5, 5.41) is 14.9. The first-order valence-corrected chi connectivity index (χ1v) is 5.95. The maximum Gasteiger partial charge on any atom is 0.316 e. The summed E-state index contributed by atoms with van der Waals surface area (Å²) in [6.07, 6.45) is 0. The molecule has 0 unspecified atom stereocenters. The van der Waals surface area contributed by atoms with Gasteiger partial charge in [0.1, 0.15) is 5.75 Å². The number of hydrogen-bond acceptors (Lipinski definition) is 3. The summed E-state index contributed by atoms with van der Waals surface area (Å²) in [7, 11) is 3.27. The van der Waals surface area contributed by atoms with Gasteiger partial charge in [0.25, 0.3) is 5.91 Å². The maximum atomic E-state index is 11.8. The Bertz CT molecular complexity index is 472. The fourth-order valence-corrected chi connectivity index (χ4v) is 1.43. The molecular formula is C13H19N3O3. The van der Waals surface area contributed by atoms with Crippen molar-refractivity contribution in [2.75, 3.05) is 27.2 Å². The van der Waals surface area contributed by atoms with E-state index in [1.165, 1.54) is 11.0 Å². The Morgan fingerprint density at radius 3 is 2.42 bits per heavy atom. The summed E-state index contributed by atoms with van der Waals surface area (Å²) in [5.41, 5.74) is 1.11. The fraction of sp³-hybridized carbons (Fsp3) is 0.385. The predicted molar refractivity (Wildman–Crippen MR) is 72.3 cm³/mol. The van der Waals surface area contributed by atoms with Crippen LogP contribution in [0.2, 0.25) is 0 Å². The van der Waals surface area contributed by atoms with E-state index in [0.717, 1.165) is 5.56 Å². The lowest BCUT2D eigenvalue weighted by Gasteiger charge is -2.12. The Balaban J connectivity index is 2.41. The van der Waals surface area contributed by atoms with Gasteiger partial charge in [-0.3, -0.25) is 4.79 Å². The van der Waals surface area contributed by atoms with Crippen LogP contribution >= 0.6 is 0 Å². The van der Waals surface area contributed by atoms with Crippen LogP contribution < -0.4 is 10.6 Å². The number of urea groups is 1. The molecule has 0 spiro atoms. The van der Waals surface area contributed by atoms with Crippen molar-refractivity contribution in [2.24, 2.45) is 0 Å². The van der Waals surface area contributed by atoms with E-state index in [0.29, 0.717) is 13.1 Å². The van der Waals surface area contributed by atoms with Gasteiger partial charge >= 0.3 is 6.03 Å². The summed E-state index contributed by atoms with van der Waals surface area (Å²) in [4.78, 5) is 24.4. The van der Waals surface area contributed by atoms with Crippen LogP contribution in [-0.2, 0) is 0 Å². The molecule has 0 aliphatic heterocycles. The quantitative estimate of drug-likeness (QED) is 0.701. The van der Waals surface area contributed by atoms with Gasteiger partial charge in [0.15, 0.2) is 0 Å². The third kappa shape index (κ3) is 4.50. The highest BCUT2D eigenvalue weighted by atomic mass is 16.3. The minimum Gasteiger partial charge on any atom is -0.507 e. The fourth-order valence-electron chi connectivity index (χ4n) is 1.43.